The van der Waals surface area contributed by atoms with E-state index in [0.717, 1.165) is 19.3 Å². The lowest BCUT2D eigenvalue weighted by Crippen LogP contribution is -2.12. The highest BCUT2D eigenvalue weighted by atomic mass is 16.4. The third kappa shape index (κ3) is 7.97. The molecular formula is C34H39NO6. The molecule has 1 aliphatic carbocycles. The molecule has 41 heavy (non-hydrogen) atoms. The maximum Gasteiger partial charge on any atom is 0.336 e. The summed E-state index contributed by atoms with van der Waals surface area (Å²) in [6, 6.07) is 13.7. The minimum absolute atomic E-state index is 0.00516. The van der Waals surface area contributed by atoms with Gasteiger partial charge in [0.15, 0.2) is 5.43 Å². The van der Waals surface area contributed by atoms with Crippen LogP contribution < -0.4 is 10.7 Å². The Morgan fingerprint density at radius 3 is 2.12 bits per heavy atom. The standard InChI is InChI=1S/C34H39NO6/c1-2-3-4-5-6-7-8-9-10-11-12-13-32(38)35-23-14-17-26(29(20-23)34(39)40)33-27-18-15-24(36)21-30(27)41-31-22-25(37)16-19-28(31)33/h14-22,36H,2-13H2,1H3,(H,35,38)(H,39,40). The lowest BCUT2D eigenvalue weighted by atomic mass is 9.90. The van der Waals surface area contributed by atoms with Gasteiger partial charge in [-0.05, 0) is 48.4 Å². The molecule has 7 heteroatoms. The molecule has 3 N–H and O–H groups in total. The summed E-state index contributed by atoms with van der Waals surface area (Å²) in [7, 11) is 0. The molecule has 2 aromatic carbocycles. The average molecular weight is 558 g/mol. The smallest absolute Gasteiger partial charge is 0.336 e. The number of benzene rings is 3. The highest BCUT2D eigenvalue weighted by Crippen LogP contribution is 2.42. The number of fused-ring (bicyclic) bond motifs is 2. The van der Waals surface area contributed by atoms with Crippen LogP contribution in [0.4, 0.5) is 5.69 Å². The Balaban J connectivity index is 1.43. The number of carboxylic acids is 1. The predicted octanol–water partition coefficient (Wildman–Crippen LogP) is 8.61. The number of phenolic OH excluding ortho intramolecular Hbond substituents is 1. The van der Waals surface area contributed by atoms with Crippen LogP contribution in [0.1, 0.15) is 94.3 Å². The normalized spacial score (nSPS) is 11.2. The van der Waals surface area contributed by atoms with Gasteiger partial charge in [0.05, 0.1) is 5.56 Å². The number of unbranched alkanes of at least 4 members (excludes halogenated alkanes) is 10. The molecule has 0 saturated carbocycles. The molecular weight excluding hydrogens is 518 g/mol. The molecule has 1 heterocycles. The van der Waals surface area contributed by atoms with E-state index in [0.29, 0.717) is 39.8 Å². The number of amides is 1. The van der Waals surface area contributed by atoms with Crippen molar-refractivity contribution in [1.29, 1.82) is 0 Å². The van der Waals surface area contributed by atoms with Gasteiger partial charge in [-0.2, -0.15) is 0 Å². The fourth-order valence-electron chi connectivity index (χ4n) is 5.34. The van der Waals surface area contributed by atoms with Crippen molar-refractivity contribution in [1.82, 2.24) is 0 Å². The Morgan fingerprint density at radius 2 is 1.44 bits per heavy atom. The summed E-state index contributed by atoms with van der Waals surface area (Å²) >= 11 is 0. The van der Waals surface area contributed by atoms with Crippen molar-refractivity contribution in [2.45, 2.75) is 84.0 Å². The first-order chi connectivity index (χ1) is 19.9. The summed E-state index contributed by atoms with van der Waals surface area (Å²) in [5, 5.41) is 23.5. The van der Waals surface area contributed by atoms with Crippen LogP contribution in [0.5, 0.6) is 5.75 Å². The average Bonchev–Trinajstić information content (AvgIpc) is 2.94. The number of aromatic hydroxyl groups is 1. The molecule has 1 amide bonds. The number of anilines is 1. The molecule has 1 aliphatic heterocycles. The van der Waals surface area contributed by atoms with E-state index in [1.165, 1.54) is 81.7 Å². The number of carboxylic acid groups (broad SMARTS) is 1. The molecule has 0 saturated heterocycles. The highest BCUT2D eigenvalue weighted by molar-refractivity contribution is 6.08. The Hall–Kier alpha value is -4.13. The summed E-state index contributed by atoms with van der Waals surface area (Å²) < 4.78 is 5.87. The van der Waals surface area contributed by atoms with Crippen LogP contribution in [0, 0.1) is 0 Å². The molecule has 0 radical (unpaired) electrons. The number of carbonyl (C=O) groups excluding carboxylic acids is 1. The van der Waals surface area contributed by atoms with E-state index in [9.17, 15) is 24.6 Å². The van der Waals surface area contributed by atoms with Crippen molar-refractivity contribution in [2.24, 2.45) is 0 Å². The summed E-state index contributed by atoms with van der Waals surface area (Å²) in [5.74, 6) is -1.02. The van der Waals surface area contributed by atoms with Crippen molar-refractivity contribution in [2.75, 3.05) is 5.32 Å². The number of phenols is 1. The number of aromatic carboxylic acids is 1. The first-order valence-corrected chi connectivity index (χ1v) is 14.7. The van der Waals surface area contributed by atoms with Gasteiger partial charge in [0.25, 0.3) is 0 Å². The monoisotopic (exact) mass is 557 g/mol. The van der Waals surface area contributed by atoms with Gasteiger partial charge in [0.2, 0.25) is 5.91 Å². The van der Waals surface area contributed by atoms with Crippen LogP contribution in [-0.2, 0) is 4.79 Å². The van der Waals surface area contributed by atoms with E-state index >= 15 is 0 Å². The van der Waals surface area contributed by atoms with E-state index in [1.807, 2.05) is 0 Å². The summed E-state index contributed by atoms with van der Waals surface area (Å²) in [6.45, 7) is 2.23. The van der Waals surface area contributed by atoms with E-state index < -0.39 is 5.97 Å². The van der Waals surface area contributed by atoms with E-state index in [-0.39, 0.29) is 28.4 Å². The van der Waals surface area contributed by atoms with E-state index in [2.05, 4.69) is 12.2 Å². The lowest BCUT2D eigenvalue weighted by Gasteiger charge is -2.17. The fraction of sp³-hybridized carbons (Fsp3) is 0.382. The topological polar surface area (TPSA) is 117 Å². The Bertz CT molecular complexity index is 1520. The molecule has 4 rings (SSSR count). The first-order valence-electron chi connectivity index (χ1n) is 14.7. The van der Waals surface area contributed by atoms with Crippen molar-refractivity contribution < 1.29 is 24.2 Å². The second-order valence-electron chi connectivity index (χ2n) is 10.7. The van der Waals surface area contributed by atoms with Crippen molar-refractivity contribution in [3.8, 4) is 28.2 Å². The number of hydrogen-bond donors (Lipinski definition) is 3. The van der Waals surface area contributed by atoms with E-state index in [1.54, 1.807) is 24.3 Å². The number of hydrogen-bond acceptors (Lipinski definition) is 5. The molecule has 0 aromatic heterocycles. The zero-order chi connectivity index (χ0) is 29.2. The second kappa shape index (κ2) is 14.5. The van der Waals surface area contributed by atoms with E-state index in [4.69, 9.17) is 4.42 Å². The molecule has 216 valence electrons. The quantitative estimate of drug-likeness (QED) is 0.0995. The van der Waals surface area contributed by atoms with Gasteiger partial charge in [0.1, 0.15) is 17.1 Å². The molecule has 7 nitrogen and oxygen atoms in total. The summed E-state index contributed by atoms with van der Waals surface area (Å²) in [5.41, 5.74) is 2.03. The van der Waals surface area contributed by atoms with Gasteiger partial charge in [-0.3, -0.25) is 9.59 Å². The van der Waals surface area contributed by atoms with Crippen molar-refractivity contribution in [3.63, 3.8) is 0 Å². The maximum atomic E-state index is 12.6. The van der Waals surface area contributed by atoms with Crippen LogP contribution in [0.3, 0.4) is 0 Å². The predicted molar refractivity (Wildman–Crippen MR) is 163 cm³/mol. The third-order valence-electron chi connectivity index (χ3n) is 7.49. The minimum Gasteiger partial charge on any atom is -0.508 e. The van der Waals surface area contributed by atoms with Crippen LogP contribution in [-0.4, -0.2) is 22.1 Å². The molecule has 0 unspecified atom stereocenters. The highest BCUT2D eigenvalue weighted by Gasteiger charge is 2.22. The van der Waals surface area contributed by atoms with Gasteiger partial charge in [0, 0.05) is 40.8 Å². The SMILES string of the molecule is CCCCCCCCCCCCCC(=O)Nc1ccc(-c2c3ccc(=O)cc-3oc3cc(O)ccc23)c(C(=O)O)c1. The van der Waals surface area contributed by atoms with Crippen molar-refractivity contribution in [3.05, 3.63) is 70.4 Å². The lowest BCUT2D eigenvalue weighted by molar-refractivity contribution is -0.116. The van der Waals surface area contributed by atoms with Crippen LogP contribution in [0.15, 0.2) is 63.8 Å². The van der Waals surface area contributed by atoms with Crippen LogP contribution >= 0.6 is 0 Å². The molecule has 0 fully saturated rings. The fourth-order valence-corrected chi connectivity index (χ4v) is 5.34. The second-order valence-corrected chi connectivity index (χ2v) is 10.7. The van der Waals surface area contributed by atoms with Crippen LogP contribution in [0.25, 0.3) is 33.4 Å². The molecule has 2 aromatic rings. The zero-order valence-corrected chi connectivity index (χ0v) is 23.7. The van der Waals surface area contributed by atoms with Gasteiger partial charge >= 0.3 is 5.97 Å². The number of nitrogens with one attached hydrogen (secondary N) is 1. The molecule has 0 spiro atoms. The Kier molecular flexibility index (Phi) is 10.5. The largest absolute Gasteiger partial charge is 0.508 e. The Morgan fingerprint density at radius 1 is 0.780 bits per heavy atom. The minimum atomic E-state index is -1.15. The first kappa shape index (κ1) is 29.8. The van der Waals surface area contributed by atoms with Gasteiger partial charge < -0.3 is 19.9 Å². The van der Waals surface area contributed by atoms with Crippen LogP contribution in [0.2, 0.25) is 0 Å². The molecule has 0 atom stereocenters. The number of rotatable bonds is 15. The summed E-state index contributed by atoms with van der Waals surface area (Å²) in [6.07, 6.45) is 13.6. The molecule has 0 bridgehead atoms. The zero-order valence-electron chi connectivity index (χ0n) is 23.7. The summed E-state index contributed by atoms with van der Waals surface area (Å²) in [4.78, 5) is 37.0. The van der Waals surface area contributed by atoms with Gasteiger partial charge in [-0.25, -0.2) is 4.79 Å². The number of carbonyl (C=O) groups is 2. The Labute approximate surface area is 240 Å². The van der Waals surface area contributed by atoms with Gasteiger partial charge in [-0.1, -0.05) is 77.2 Å². The maximum absolute atomic E-state index is 12.6. The van der Waals surface area contributed by atoms with Gasteiger partial charge in [-0.15, -0.1) is 0 Å². The third-order valence-corrected chi connectivity index (χ3v) is 7.49. The van der Waals surface area contributed by atoms with Crippen molar-refractivity contribution >= 4 is 28.5 Å². The molecule has 2 aliphatic rings.